The first-order valence-electron chi connectivity index (χ1n) is 10.4. The molecule has 0 fully saturated rings. The molecule has 2 unspecified atom stereocenters. The second-order valence-corrected chi connectivity index (χ2v) is 9.26. The summed E-state index contributed by atoms with van der Waals surface area (Å²) in [6.07, 6.45) is 2.64. The van der Waals surface area contributed by atoms with Crippen LogP contribution in [0.15, 0.2) is 29.3 Å². The number of benzene rings is 1. The van der Waals surface area contributed by atoms with Gasteiger partial charge in [0.05, 0.1) is 5.25 Å². The van der Waals surface area contributed by atoms with Gasteiger partial charge in [0.25, 0.3) is 0 Å². The molecule has 8 nitrogen and oxygen atoms in total. The molecule has 31 heavy (non-hydrogen) atoms. The summed E-state index contributed by atoms with van der Waals surface area (Å²) in [6.45, 7) is 6.34. The Labute approximate surface area is 186 Å². The fraction of sp³-hybridized carbons (Fsp3) is 0.500. The van der Waals surface area contributed by atoms with E-state index in [4.69, 9.17) is 5.11 Å². The number of aryl methyl sites for hydroxylation is 1. The quantitative estimate of drug-likeness (QED) is 0.246. The zero-order valence-electron chi connectivity index (χ0n) is 18.1. The third-order valence-electron chi connectivity index (χ3n) is 4.94. The number of amides is 2. The monoisotopic (exact) mass is 449 g/mol. The second kappa shape index (κ2) is 11.6. The third kappa shape index (κ3) is 7.50. The van der Waals surface area contributed by atoms with Crippen molar-refractivity contribution in [2.45, 2.75) is 62.6 Å². The predicted octanol–water partition coefficient (Wildman–Crippen LogP) is 3.99. The molecule has 5 N–H and O–H groups in total. The average molecular weight is 450 g/mol. The van der Waals surface area contributed by atoms with Crippen LogP contribution in [0.3, 0.4) is 0 Å². The number of rotatable bonds is 12. The number of nitrogens with one attached hydrogen (secondary N) is 3. The molecule has 1 heterocycles. The number of carboxylic acids is 1. The van der Waals surface area contributed by atoms with E-state index in [2.05, 4.69) is 15.6 Å². The SMILES string of the molecule is Cc1cccc2[nH]cc(SC(CC(C)C)C(=O)NC(CCCCNC(=O)O)C(=O)O)c12. The Bertz CT molecular complexity index is 912. The van der Waals surface area contributed by atoms with Crippen LogP contribution in [-0.4, -0.2) is 51.0 Å². The summed E-state index contributed by atoms with van der Waals surface area (Å²) in [7, 11) is 0. The first kappa shape index (κ1) is 24.6. The van der Waals surface area contributed by atoms with Gasteiger partial charge in [-0.25, -0.2) is 9.59 Å². The van der Waals surface area contributed by atoms with Gasteiger partial charge in [0, 0.05) is 28.5 Å². The van der Waals surface area contributed by atoms with Gasteiger partial charge in [-0.1, -0.05) is 26.0 Å². The topological polar surface area (TPSA) is 132 Å². The summed E-state index contributed by atoms with van der Waals surface area (Å²) < 4.78 is 0. The van der Waals surface area contributed by atoms with Crippen molar-refractivity contribution in [1.29, 1.82) is 0 Å². The van der Waals surface area contributed by atoms with Gasteiger partial charge in [-0.15, -0.1) is 11.8 Å². The summed E-state index contributed by atoms with van der Waals surface area (Å²) in [5.74, 6) is -1.12. The molecule has 0 radical (unpaired) electrons. The first-order valence-corrected chi connectivity index (χ1v) is 11.3. The van der Waals surface area contributed by atoms with E-state index >= 15 is 0 Å². The van der Waals surface area contributed by atoms with Crippen LogP contribution >= 0.6 is 11.8 Å². The fourth-order valence-electron chi connectivity index (χ4n) is 3.40. The number of carbonyl (C=O) groups excluding carboxylic acids is 1. The number of H-pyrrole nitrogens is 1. The Balaban J connectivity index is 2.06. The van der Waals surface area contributed by atoms with Gasteiger partial charge in [0.2, 0.25) is 5.91 Å². The van der Waals surface area contributed by atoms with Crippen LogP contribution in [0.5, 0.6) is 0 Å². The predicted molar refractivity (Wildman–Crippen MR) is 122 cm³/mol. The normalized spacial score (nSPS) is 13.2. The number of aromatic amines is 1. The maximum Gasteiger partial charge on any atom is 0.404 e. The van der Waals surface area contributed by atoms with Gasteiger partial charge in [-0.2, -0.15) is 0 Å². The van der Waals surface area contributed by atoms with Crippen LogP contribution in [0.2, 0.25) is 0 Å². The molecular formula is C22H31N3O5S. The number of aromatic nitrogens is 1. The molecule has 0 aliphatic carbocycles. The molecule has 0 spiro atoms. The smallest absolute Gasteiger partial charge is 0.404 e. The molecule has 0 saturated heterocycles. The van der Waals surface area contributed by atoms with Gasteiger partial charge in [0.15, 0.2) is 0 Å². The number of hydrogen-bond donors (Lipinski definition) is 5. The van der Waals surface area contributed by atoms with Crippen molar-refractivity contribution in [3.05, 3.63) is 30.0 Å². The standard InChI is InChI=1S/C22H31N3O5S/c1-13(2)11-17(31-18-12-24-15-9-6-7-14(3)19(15)18)20(26)25-16(21(27)28)8-4-5-10-23-22(29)30/h6-7,9,12-13,16-17,23-24H,4-5,8,10-11H2,1-3H3,(H,25,26)(H,27,28)(H,29,30). The molecule has 1 aromatic carbocycles. The number of hydrogen-bond acceptors (Lipinski definition) is 4. The number of carboxylic acid groups (broad SMARTS) is 2. The molecule has 1 aromatic heterocycles. The van der Waals surface area contributed by atoms with Crippen LogP contribution < -0.4 is 10.6 Å². The molecule has 2 aromatic rings. The van der Waals surface area contributed by atoms with E-state index in [9.17, 15) is 19.5 Å². The Kier molecular flexibility index (Phi) is 9.23. The van der Waals surface area contributed by atoms with E-state index in [1.54, 1.807) is 0 Å². The highest BCUT2D eigenvalue weighted by molar-refractivity contribution is 8.00. The minimum Gasteiger partial charge on any atom is -0.480 e. The van der Waals surface area contributed by atoms with E-state index in [1.807, 2.05) is 45.2 Å². The van der Waals surface area contributed by atoms with Gasteiger partial charge < -0.3 is 25.8 Å². The van der Waals surface area contributed by atoms with Crippen LogP contribution in [0.1, 0.15) is 45.1 Å². The first-order chi connectivity index (χ1) is 14.7. The molecule has 2 amide bonds. The molecule has 0 aliphatic rings. The van der Waals surface area contributed by atoms with E-state index < -0.39 is 23.4 Å². The lowest BCUT2D eigenvalue weighted by atomic mass is 10.1. The van der Waals surface area contributed by atoms with Gasteiger partial charge in [-0.3, -0.25) is 4.79 Å². The van der Waals surface area contributed by atoms with Crippen molar-refractivity contribution in [2.75, 3.05) is 6.54 Å². The Hall–Kier alpha value is -2.68. The lowest BCUT2D eigenvalue weighted by Crippen LogP contribution is -2.45. The minimum atomic E-state index is -1.11. The van der Waals surface area contributed by atoms with Crippen molar-refractivity contribution in [3.8, 4) is 0 Å². The summed E-state index contributed by atoms with van der Waals surface area (Å²) in [6, 6.07) is 4.99. The van der Waals surface area contributed by atoms with Crippen LogP contribution in [0.25, 0.3) is 10.9 Å². The van der Waals surface area contributed by atoms with Crippen molar-refractivity contribution < 1.29 is 24.6 Å². The lowest BCUT2D eigenvalue weighted by Gasteiger charge is -2.21. The highest BCUT2D eigenvalue weighted by Gasteiger charge is 2.27. The Morgan fingerprint density at radius 3 is 2.55 bits per heavy atom. The van der Waals surface area contributed by atoms with E-state index in [1.165, 1.54) is 11.8 Å². The summed E-state index contributed by atoms with van der Waals surface area (Å²) in [4.78, 5) is 39.4. The molecular weight excluding hydrogens is 418 g/mol. The van der Waals surface area contributed by atoms with Crippen LogP contribution in [0.4, 0.5) is 4.79 Å². The van der Waals surface area contributed by atoms with Gasteiger partial charge in [0.1, 0.15) is 6.04 Å². The highest BCUT2D eigenvalue weighted by atomic mass is 32.2. The average Bonchev–Trinajstić information content (AvgIpc) is 3.09. The molecule has 2 atom stereocenters. The second-order valence-electron chi connectivity index (χ2n) is 8.01. The highest BCUT2D eigenvalue weighted by Crippen LogP contribution is 2.35. The lowest BCUT2D eigenvalue weighted by molar-refractivity contribution is -0.142. The van der Waals surface area contributed by atoms with Crippen molar-refractivity contribution in [1.82, 2.24) is 15.6 Å². The number of carbonyl (C=O) groups is 3. The number of thioether (sulfide) groups is 1. The number of unbranched alkanes of at least 4 members (excludes halogenated alkanes) is 1. The molecule has 9 heteroatoms. The third-order valence-corrected chi connectivity index (χ3v) is 6.20. The zero-order chi connectivity index (χ0) is 23.0. The van der Waals surface area contributed by atoms with Crippen molar-refractivity contribution >= 4 is 40.6 Å². The summed E-state index contributed by atoms with van der Waals surface area (Å²) >= 11 is 1.45. The van der Waals surface area contributed by atoms with Crippen molar-refractivity contribution in [3.63, 3.8) is 0 Å². The van der Waals surface area contributed by atoms with E-state index in [0.29, 0.717) is 19.3 Å². The van der Waals surface area contributed by atoms with E-state index in [-0.39, 0.29) is 24.8 Å². The Morgan fingerprint density at radius 1 is 1.16 bits per heavy atom. The van der Waals surface area contributed by atoms with E-state index in [0.717, 1.165) is 21.4 Å². The van der Waals surface area contributed by atoms with Crippen LogP contribution in [0, 0.1) is 12.8 Å². The maximum absolute atomic E-state index is 13.0. The Morgan fingerprint density at radius 2 is 1.90 bits per heavy atom. The number of fused-ring (bicyclic) bond motifs is 1. The molecule has 170 valence electrons. The van der Waals surface area contributed by atoms with Gasteiger partial charge in [-0.05, 0) is 50.2 Å². The summed E-state index contributed by atoms with van der Waals surface area (Å²) in [5, 5.41) is 23.7. The van der Waals surface area contributed by atoms with Gasteiger partial charge >= 0.3 is 12.1 Å². The fourth-order valence-corrected chi connectivity index (χ4v) is 4.88. The minimum absolute atomic E-state index is 0.244. The van der Waals surface area contributed by atoms with Crippen LogP contribution in [-0.2, 0) is 9.59 Å². The molecule has 0 bridgehead atoms. The maximum atomic E-state index is 13.0. The van der Waals surface area contributed by atoms with Crippen molar-refractivity contribution in [2.24, 2.45) is 5.92 Å². The molecule has 0 saturated carbocycles. The summed E-state index contributed by atoms with van der Waals surface area (Å²) in [5.41, 5.74) is 2.12. The zero-order valence-corrected chi connectivity index (χ0v) is 18.9. The molecule has 0 aliphatic heterocycles. The number of aliphatic carboxylic acids is 1. The molecule has 2 rings (SSSR count). The largest absolute Gasteiger partial charge is 0.480 e.